The molecule has 0 saturated heterocycles. The number of sulfonamides is 1. The Morgan fingerprint density at radius 1 is 0.846 bits per heavy atom. The van der Waals surface area contributed by atoms with Crippen LogP contribution in [0.25, 0.3) is 0 Å². The van der Waals surface area contributed by atoms with Gasteiger partial charge >= 0.3 is 27.9 Å². The molecule has 0 aliphatic rings. The molecule has 16 heteroatoms. The van der Waals surface area contributed by atoms with Gasteiger partial charge < -0.3 is 4.84 Å². The third-order valence-corrected chi connectivity index (χ3v) is 6.28. The number of nitrogens with zero attached hydrogens (tertiary/aromatic N) is 1. The first-order chi connectivity index (χ1) is 17.9. The van der Waals surface area contributed by atoms with Crippen LogP contribution >= 0.6 is 11.6 Å². The minimum Gasteiger partial charge on any atom is -0.390 e. The number of nitrogens with one attached hydrogen (secondary N) is 1. The van der Waals surface area contributed by atoms with E-state index >= 15 is 0 Å². The van der Waals surface area contributed by atoms with Gasteiger partial charge in [-0.05, 0) is 30.3 Å². The van der Waals surface area contributed by atoms with E-state index in [-0.39, 0.29) is 27.9 Å². The van der Waals surface area contributed by atoms with E-state index in [1.165, 1.54) is 29.0 Å². The molecule has 3 aromatic rings. The van der Waals surface area contributed by atoms with E-state index in [4.69, 9.17) is 16.4 Å². The molecule has 0 aliphatic carbocycles. The van der Waals surface area contributed by atoms with Crippen LogP contribution in [-0.4, -0.2) is 19.6 Å². The minimum atomic E-state index is -5.91. The Hall–Kier alpha value is -3.46. The summed E-state index contributed by atoms with van der Waals surface area (Å²) in [5.41, 5.74) is -10.8. The van der Waals surface area contributed by atoms with Crippen molar-refractivity contribution >= 4 is 33.0 Å². The molecule has 0 radical (unpaired) electrons. The van der Waals surface area contributed by atoms with Crippen molar-refractivity contribution in [2.75, 3.05) is 4.72 Å². The maximum absolute atomic E-state index is 13.5. The molecule has 0 aromatic heterocycles. The Balaban J connectivity index is 2.08. The van der Waals surface area contributed by atoms with Crippen molar-refractivity contribution in [3.63, 3.8) is 0 Å². The van der Waals surface area contributed by atoms with Gasteiger partial charge in [-0.3, -0.25) is 4.72 Å². The van der Waals surface area contributed by atoms with Crippen LogP contribution in [0.1, 0.15) is 27.8 Å². The highest BCUT2D eigenvalue weighted by molar-refractivity contribution is 7.93. The first-order valence-electron chi connectivity index (χ1n) is 10.3. The van der Waals surface area contributed by atoms with Crippen LogP contribution in [0.4, 0.5) is 45.2 Å². The number of halogens is 10. The Kier molecular flexibility index (Phi) is 8.46. The normalized spacial score (nSPS) is 13.3. The fourth-order valence-electron chi connectivity index (χ4n) is 3.17. The van der Waals surface area contributed by atoms with Crippen LogP contribution in [0.3, 0.4) is 0 Å². The lowest BCUT2D eigenvalue weighted by molar-refractivity contribution is -0.143. The van der Waals surface area contributed by atoms with Gasteiger partial charge in [0.25, 0.3) is 0 Å². The first-order valence-corrected chi connectivity index (χ1v) is 12.2. The lowest BCUT2D eigenvalue weighted by Crippen LogP contribution is -2.30. The van der Waals surface area contributed by atoms with Crippen LogP contribution in [-0.2, 0) is 33.8 Å². The number of hydrogen-bond donors (Lipinski definition) is 1. The smallest absolute Gasteiger partial charge is 0.390 e. The molecule has 210 valence electrons. The number of rotatable bonds is 7. The maximum atomic E-state index is 13.5. The van der Waals surface area contributed by atoms with Gasteiger partial charge in [0, 0.05) is 21.7 Å². The van der Waals surface area contributed by atoms with E-state index in [1.54, 1.807) is 6.07 Å². The zero-order valence-electron chi connectivity index (χ0n) is 18.9. The Morgan fingerprint density at radius 2 is 1.49 bits per heavy atom. The summed E-state index contributed by atoms with van der Waals surface area (Å²) in [5.74, 6) is 0. The number of benzene rings is 3. The van der Waals surface area contributed by atoms with Gasteiger partial charge in [0.1, 0.15) is 12.3 Å². The second kappa shape index (κ2) is 11.0. The van der Waals surface area contributed by atoms with Gasteiger partial charge in [-0.2, -0.15) is 47.9 Å². The highest BCUT2D eigenvalue weighted by Crippen LogP contribution is 2.38. The summed E-state index contributed by atoms with van der Waals surface area (Å²) in [6.45, 7) is -1.01. The number of anilines is 1. The first kappa shape index (κ1) is 30.1. The number of oxime groups is 1. The highest BCUT2D eigenvalue weighted by Gasteiger charge is 2.46. The molecule has 0 fully saturated rings. The van der Waals surface area contributed by atoms with E-state index in [1.807, 2.05) is 0 Å². The van der Waals surface area contributed by atoms with Gasteiger partial charge in [-0.15, -0.1) is 0 Å². The van der Waals surface area contributed by atoms with Gasteiger partial charge in [-0.25, -0.2) is 0 Å². The van der Waals surface area contributed by atoms with Gasteiger partial charge in [0.05, 0.1) is 16.8 Å². The zero-order chi connectivity index (χ0) is 29.2. The quantitative estimate of drug-likeness (QED) is 0.172. The van der Waals surface area contributed by atoms with Crippen molar-refractivity contribution in [3.8, 4) is 0 Å². The van der Waals surface area contributed by atoms with Gasteiger partial charge in [-0.1, -0.05) is 53.2 Å². The fraction of sp³-hybridized carbons (Fsp3) is 0.174. The van der Waals surface area contributed by atoms with E-state index in [9.17, 15) is 47.9 Å². The average Bonchev–Trinajstić information content (AvgIpc) is 2.81. The molecule has 5 nitrogen and oxygen atoms in total. The molecule has 0 bridgehead atoms. The SMILES string of the molecule is O=S(=O)(Nc1ccc(Cl)cc1C(=NOCc1ccc(C(F)(F)F)cc1C(F)(F)F)c1ccccc1)C(F)(F)F. The lowest BCUT2D eigenvalue weighted by Gasteiger charge is -2.17. The second-order valence-electron chi connectivity index (χ2n) is 7.69. The molecule has 0 amide bonds. The van der Waals surface area contributed by atoms with Crippen molar-refractivity contribution in [2.45, 2.75) is 24.5 Å². The van der Waals surface area contributed by atoms with E-state index in [0.29, 0.717) is 12.1 Å². The third-order valence-electron chi connectivity index (χ3n) is 4.95. The molecule has 3 rings (SSSR count). The minimum absolute atomic E-state index is 0.0781. The van der Waals surface area contributed by atoms with E-state index < -0.39 is 56.9 Å². The number of alkyl halides is 9. The summed E-state index contributed by atoms with van der Waals surface area (Å²) >= 11 is 5.95. The fourth-order valence-corrected chi connectivity index (χ4v) is 3.92. The number of hydrogen-bond acceptors (Lipinski definition) is 4. The second-order valence-corrected chi connectivity index (χ2v) is 9.80. The molecule has 1 N–H and O–H groups in total. The van der Waals surface area contributed by atoms with E-state index in [2.05, 4.69) is 5.16 Å². The van der Waals surface area contributed by atoms with Gasteiger partial charge in [0.2, 0.25) is 0 Å². The predicted molar refractivity (Wildman–Crippen MR) is 123 cm³/mol. The maximum Gasteiger partial charge on any atom is 0.516 e. The summed E-state index contributed by atoms with van der Waals surface area (Å²) < 4.78 is 143. The standard InChI is InChI=1S/C23H14ClF9N2O3S/c24-16-8-9-19(35-39(36,37)23(31,32)33)17(11-16)20(13-4-2-1-3-5-13)34-38-12-14-6-7-15(21(25,26)27)10-18(14)22(28,29)30/h1-11,35H,12H2. The molecule has 39 heavy (non-hydrogen) atoms. The van der Waals surface area contributed by atoms with Crippen molar-refractivity contribution in [2.24, 2.45) is 5.16 Å². The van der Waals surface area contributed by atoms with Crippen molar-refractivity contribution in [3.05, 3.63) is 99.6 Å². The summed E-state index contributed by atoms with van der Waals surface area (Å²) in [4.78, 5) is 5.01. The Morgan fingerprint density at radius 3 is 2.05 bits per heavy atom. The van der Waals surface area contributed by atoms with E-state index in [0.717, 1.165) is 18.2 Å². The summed E-state index contributed by atoms with van der Waals surface area (Å²) in [5, 5.41) is 3.62. The van der Waals surface area contributed by atoms with Crippen molar-refractivity contribution in [1.82, 2.24) is 0 Å². The van der Waals surface area contributed by atoms with Crippen LogP contribution in [0.5, 0.6) is 0 Å². The molecular weight excluding hydrogens is 591 g/mol. The van der Waals surface area contributed by atoms with Crippen LogP contribution < -0.4 is 4.72 Å². The monoisotopic (exact) mass is 604 g/mol. The molecule has 0 spiro atoms. The van der Waals surface area contributed by atoms with Crippen LogP contribution in [0.15, 0.2) is 71.9 Å². The molecule has 0 aliphatic heterocycles. The molecule has 0 heterocycles. The molecule has 0 unspecified atom stereocenters. The van der Waals surface area contributed by atoms with Crippen LogP contribution in [0, 0.1) is 0 Å². The third kappa shape index (κ3) is 7.35. The predicted octanol–water partition coefficient (Wildman–Crippen LogP) is 7.61. The Labute approximate surface area is 219 Å². The molecular formula is C23H14ClF9N2O3S. The van der Waals surface area contributed by atoms with Crippen molar-refractivity contribution in [1.29, 1.82) is 0 Å². The van der Waals surface area contributed by atoms with Crippen molar-refractivity contribution < 1.29 is 52.8 Å². The summed E-state index contributed by atoms with van der Waals surface area (Å²) in [6, 6.07) is 11.1. The van der Waals surface area contributed by atoms with Crippen LogP contribution in [0.2, 0.25) is 5.02 Å². The molecule has 0 atom stereocenters. The average molecular weight is 605 g/mol. The summed E-state index contributed by atoms with van der Waals surface area (Å²) in [6.07, 6.45) is -10.2. The Bertz CT molecular complexity index is 1470. The molecule has 3 aromatic carbocycles. The topological polar surface area (TPSA) is 67.8 Å². The summed E-state index contributed by atoms with van der Waals surface area (Å²) in [7, 11) is -5.91. The van der Waals surface area contributed by atoms with Gasteiger partial charge in [0.15, 0.2) is 0 Å². The molecule has 0 saturated carbocycles. The largest absolute Gasteiger partial charge is 0.516 e. The lowest BCUT2D eigenvalue weighted by atomic mass is 10.0. The zero-order valence-corrected chi connectivity index (χ0v) is 20.5. The highest BCUT2D eigenvalue weighted by atomic mass is 35.5.